The highest BCUT2D eigenvalue weighted by Crippen LogP contribution is 2.30. The van der Waals surface area contributed by atoms with Gasteiger partial charge in [-0.3, -0.25) is 9.78 Å². The van der Waals surface area contributed by atoms with Crippen LogP contribution in [0.15, 0.2) is 48.7 Å². The molecule has 0 aliphatic heterocycles. The molecule has 0 radical (unpaired) electrons. The zero-order valence-corrected chi connectivity index (χ0v) is 20.0. The van der Waals surface area contributed by atoms with Crippen LogP contribution in [0.5, 0.6) is 0 Å². The van der Waals surface area contributed by atoms with Gasteiger partial charge in [0.1, 0.15) is 6.17 Å². The minimum Gasteiger partial charge on any atom is -0.354 e. The van der Waals surface area contributed by atoms with E-state index >= 15 is 0 Å². The van der Waals surface area contributed by atoms with Gasteiger partial charge in [0.15, 0.2) is 5.11 Å². The molecule has 1 heterocycles. The topological polar surface area (TPSA) is 66.1 Å². The van der Waals surface area contributed by atoms with Crippen molar-refractivity contribution in [2.75, 3.05) is 0 Å². The van der Waals surface area contributed by atoms with Crippen molar-refractivity contribution in [3.63, 3.8) is 0 Å². The molecule has 0 bridgehead atoms. The van der Waals surface area contributed by atoms with Crippen molar-refractivity contribution in [3.8, 4) is 0 Å². The summed E-state index contributed by atoms with van der Waals surface area (Å²) in [7, 11) is 0. The lowest BCUT2D eigenvalue weighted by Crippen LogP contribution is -2.57. The molecule has 1 amide bonds. The number of thiocarbonyl (C=S) groups is 1. The summed E-state index contributed by atoms with van der Waals surface area (Å²) < 4.78 is -1.82. The molecule has 2 unspecified atom stereocenters. The van der Waals surface area contributed by atoms with Crippen LogP contribution in [-0.2, 0) is 11.2 Å². The van der Waals surface area contributed by atoms with Crippen molar-refractivity contribution in [2.45, 2.75) is 42.2 Å². The van der Waals surface area contributed by atoms with Crippen LogP contribution in [0.4, 0.5) is 0 Å². The molecule has 1 aromatic heterocycles. The molecule has 0 saturated heterocycles. The number of alkyl halides is 3. The molecule has 2 aromatic rings. The predicted molar refractivity (Wildman–Crippen MR) is 131 cm³/mol. The Morgan fingerprint density at radius 2 is 2.00 bits per heavy atom. The number of pyridine rings is 1. The van der Waals surface area contributed by atoms with E-state index in [4.69, 9.17) is 47.0 Å². The van der Waals surface area contributed by atoms with Gasteiger partial charge in [0.25, 0.3) is 0 Å². The van der Waals surface area contributed by atoms with Gasteiger partial charge in [0.05, 0.1) is 11.7 Å². The fourth-order valence-electron chi connectivity index (χ4n) is 3.41. The molecule has 3 rings (SSSR count). The van der Waals surface area contributed by atoms with Gasteiger partial charge < -0.3 is 16.0 Å². The average Bonchev–Trinajstić information content (AvgIpc) is 2.72. The molecule has 2 atom stereocenters. The second-order valence-electron chi connectivity index (χ2n) is 7.28. The van der Waals surface area contributed by atoms with Crippen molar-refractivity contribution < 1.29 is 4.79 Å². The van der Waals surface area contributed by atoms with E-state index in [1.165, 1.54) is 11.6 Å². The molecule has 164 valence electrons. The summed E-state index contributed by atoms with van der Waals surface area (Å²) in [5, 5.41) is 9.06. The average molecular weight is 498 g/mol. The van der Waals surface area contributed by atoms with Crippen LogP contribution in [0, 0.1) is 6.92 Å². The van der Waals surface area contributed by atoms with Crippen molar-refractivity contribution in [1.29, 1.82) is 0 Å². The van der Waals surface area contributed by atoms with E-state index in [0.29, 0.717) is 0 Å². The Balaban J connectivity index is 1.63. The summed E-state index contributed by atoms with van der Waals surface area (Å²) in [6, 6.07) is 11.7. The highest BCUT2D eigenvalue weighted by atomic mass is 35.6. The minimum atomic E-state index is -1.82. The van der Waals surface area contributed by atoms with Gasteiger partial charge in [-0.15, -0.1) is 0 Å². The van der Waals surface area contributed by atoms with Gasteiger partial charge in [-0.05, 0) is 67.2 Å². The summed E-state index contributed by atoms with van der Waals surface area (Å²) in [5.74, 6) is -0.417. The molecular formula is C22H23Cl3N4OS. The molecule has 0 spiro atoms. The van der Waals surface area contributed by atoms with Gasteiger partial charge in [-0.1, -0.05) is 65.1 Å². The van der Waals surface area contributed by atoms with Crippen LogP contribution >= 0.6 is 47.0 Å². The van der Waals surface area contributed by atoms with Crippen molar-refractivity contribution in [2.24, 2.45) is 0 Å². The first-order chi connectivity index (χ1) is 14.7. The van der Waals surface area contributed by atoms with Crippen molar-refractivity contribution >= 4 is 64.1 Å². The summed E-state index contributed by atoms with van der Waals surface area (Å²) in [4.78, 5) is 16.9. The third-order valence-electron chi connectivity index (χ3n) is 4.99. The quantitative estimate of drug-likeness (QED) is 0.241. The molecule has 0 saturated carbocycles. The SMILES string of the molecule is Cc1ccccc1/C=C/C(=O)NC(NC(=S)NC1CCCc2cccnc21)C(Cl)(Cl)Cl. The van der Waals surface area contributed by atoms with Crippen LogP contribution < -0.4 is 16.0 Å². The summed E-state index contributed by atoms with van der Waals surface area (Å²) >= 11 is 23.7. The Bertz CT molecular complexity index is 977. The van der Waals surface area contributed by atoms with E-state index in [9.17, 15) is 4.79 Å². The van der Waals surface area contributed by atoms with Crippen LogP contribution in [0.2, 0.25) is 0 Å². The van der Waals surface area contributed by atoms with Crippen LogP contribution in [0.1, 0.15) is 41.3 Å². The monoisotopic (exact) mass is 496 g/mol. The van der Waals surface area contributed by atoms with Gasteiger partial charge >= 0.3 is 0 Å². The Labute approximate surface area is 202 Å². The number of fused-ring (bicyclic) bond motifs is 1. The van der Waals surface area contributed by atoms with E-state index in [0.717, 1.165) is 36.1 Å². The summed E-state index contributed by atoms with van der Waals surface area (Å²) in [5.41, 5.74) is 4.14. The number of benzene rings is 1. The molecule has 0 fully saturated rings. The summed E-state index contributed by atoms with van der Waals surface area (Å²) in [6.45, 7) is 1.96. The van der Waals surface area contributed by atoms with E-state index < -0.39 is 15.9 Å². The Morgan fingerprint density at radius 1 is 1.23 bits per heavy atom. The Morgan fingerprint density at radius 3 is 2.74 bits per heavy atom. The first-order valence-corrected chi connectivity index (χ1v) is 11.4. The second-order valence-corrected chi connectivity index (χ2v) is 10.1. The van der Waals surface area contributed by atoms with Gasteiger partial charge in [0, 0.05) is 12.3 Å². The first kappa shape index (κ1) is 23.8. The molecule has 9 heteroatoms. The number of hydrogen-bond donors (Lipinski definition) is 3. The molecule has 5 nitrogen and oxygen atoms in total. The van der Waals surface area contributed by atoms with Gasteiger partial charge in [-0.2, -0.15) is 0 Å². The maximum absolute atomic E-state index is 12.4. The number of hydrogen-bond acceptors (Lipinski definition) is 3. The number of aryl methyl sites for hydroxylation is 2. The van der Waals surface area contributed by atoms with E-state index in [1.807, 2.05) is 37.3 Å². The van der Waals surface area contributed by atoms with Crippen LogP contribution in [0.3, 0.4) is 0 Å². The standard InChI is InChI=1S/C22H23Cl3N4OS/c1-14-6-2-3-7-15(14)11-12-18(30)28-20(22(23,24)25)29-21(31)27-17-10-4-8-16-9-5-13-26-19(16)17/h2-3,5-7,9,11-13,17,20H,4,8,10H2,1H3,(H,28,30)(H2,27,29,31)/b12-11+. The normalized spacial score (nSPS) is 17.0. The van der Waals surface area contributed by atoms with E-state index in [2.05, 4.69) is 27.0 Å². The lowest BCUT2D eigenvalue weighted by Gasteiger charge is -2.30. The predicted octanol–water partition coefficient (Wildman–Crippen LogP) is 4.76. The first-order valence-electron chi connectivity index (χ1n) is 9.86. The number of halogens is 3. The molecule has 31 heavy (non-hydrogen) atoms. The molecule has 1 aliphatic rings. The zero-order chi connectivity index (χ0) is 22.4. The van der Waals surface area contributed by atoms with Gasteiger partial charge in [-0.25, -0.2) is 0 Å². The number of nitrogens with zero attached hydrogens (tertiary/aromatic N) is 1. The smallest absolute Gasteiger partial charge is 0.245 e. The molecule has 1 aliphatic carbocycles. The molecular weight excluding hydrogens is 475 g/mol. The number of aromatic nitrogens is 1. The third kappa shape index (κ3) is 6.81. The van der Waals surface area contributed by atoms with E-state index in [1.54, 1.807) is 12.3 Å². The summed E-state index contributed by atoms with van der Waals surface area (Å²) in [6.07, 6.45) is 6.73. The number of nitrogens with one attached hydrogen (secondary N) is 3. The van der Waals surface area contributed by atoms with Gasteiger partial charge in [0.2, 0.25) is 9.70 Å². The van der Waals surface area contributed by atoms with Crippen LogP contribution in [0.25, 0.3) is 6.08 Å². The lowest BCUT2D eigenvalue weighted by molar-refractivity contribution is -0.117. The maximum Gasteiger partial charge on any atom is 0.245 e. The molecule has 1 aromatic carbocycles. The van der Waals surface area contributed by atoms with Crippen molar-refractivity contribution in [3.05, 3.63) is 71.1 Å². The highest BCUT2D eigenvalue weighted by Gasteiger charge is 2.35. The number of amides is 1. The largest absolute Gasteiger partial charge is 0.354 e. The number of rotatable bonds is 5. The number of carbonyl (C=O) groups excluding carboxylic acids is 1. The fraction of sp³-hybridized carbons (Fsp3) is 0.318. The lowest BCUT2D eigenvalue weighted by atomic mass is 9.92. The minimum absolute atomic E-state index is 0.0439. The molecule has 3 N–H and O–H groups in total. The Kier molecular flexibility index (Phi) is 8.17. The van der Waals surface area contributed by atoms with Crippen LogP contribution in [-0.4, -0.2) is 26.0 Å². The fourth-order valence-corrected chi connectivity index (χ4v) is 4.00. The van der Waals surface area contributed by atoms with E-state index in [-0.39, 0.29) is 11.2 Å². The number of carbonyl (C=O) groups is 1. The zero-order valence-electron chi connectivity index (χ0n) is 16.9. The maximum atomic E-state index is 12.4. The van der Waals surface area contributed by atoms with Crippen molar-refractivity contribution in [1.82, 2.24) is 20.9 Å². The Hall–Kier alpha value is -1.86. The highest BCUT2D eigenvalue weighted by molar-refractivity contribution is 7.80. The second kappa shape index (κ2) is 10.6. The third-order valence-corrected chi connectivity index (χ3v) is 5.88.